The van der Waals surface area contributed by atoms with E-state index in [4.69, 9.17) is 4.42 Å². The molecule has 0 fully saturated rings. The molecule has 0 amide bonds. The molecule has 2 heterocycles. The molecule has 0 aliphatic heterocycles. The molecule has 0 bridgehead atoms. The van der Waals surface area contributed by atoms with Crippen LogP contribution in [0.15, 0.2) is 132 Å². The second-order valence-corrected chi connectivity index (χ2v) is 11.8. The van der Waals surface area contributed by atoms with E-state index >= 15 is 0 Å². The first kappa shape index (κ1) is 22.7. The minimum Gasteiger partial charge on any atom is -0.456 e. The van der Waals surface area contributed by atoms with Crippen molar-refractivity contribution in [2.75, 3.05) is 0 Å². The Labute approximate surface area is 238 Å². The third-order valence-electron chi connectivity index (χ3n) is 9.20. The Morgan fingerprint density at radius 1 is 0.488 bits per heavy atom. The topological polar surface area (TPSA) is 18.1 Å². The molecule has 1 aliphatic rings. The van der Waals surface area contributed by atoms with Gasteiger partial charge in [-0.2, -0.15) is 0 Å². The van der Waals surface area contributed by atoms with Gasteiger partial charge in [0.25, 0.3) is 0 Å². The van der Waals surface area contributed by atoms with Crippen molar-refractivity contribution in [2.24, 2.45) is 0 Å². The molecule has 194 valence electrons. The summed E-state index contributed by atoms with van der Waals surface area (Å²) in [4.78, 5) is 0. The highest BCUT2D eigenvalue weighted by Gasteiger charge is 2.36. The Morgan fingerprint density at radius 3 is 2.10 bits per heavy atom. The standard InChI is InChI=1S/C39H27NO/c1-39(2)33-14-8-6-12-27(33)31-22-32-28-13-7-9-15-35(28)40(36(32)23-34(31)39)26-17-19-30-29-18-16-25(24-10-4-3-5-11-24)20-37(29)41-38(30)21-26/h3-23H,1-2H3. The van der Waals surface area contributed by atoms with Crippen LogP contribution in [0.3, 0.4) is 0 Å². The molecule has 0 atom stereocenters. The molecule has 6 aromatic carbocycles. The number of para-hydroxylation sites is 1. The zero-order chi connectivity index (χ0) is 27.3. The number of benzene rings is 6. The van der Waals surface area contributed by atoms with Gasteiger partial charge in [0.15, 0.2) is 0 Å². The number of hydrogen-bond acceptors (Lipinski definition) is 1. The Balaban J connectivity index is 1.28. The van der Waals surface area contributed by atoms with Crippen molar-refractivity contribution in [3.8, 4) is 27.9 Å². The highest BCUT2D eigenvalue weighted by atomic mass is 16.3. The summed E-state index contributed by atoms with van der Waals surface area (Å²) >= 11 is 0. The normalized spacial score (nSPS) is 13.8. The van der Waals surface area contributed by atoms with Crippen molar-refractivity contribution in [3.63, 3.8) is 0 Å². The highest BCUT2D eigenvalue weighted by Crippen LogP contribution is 2.51. The van der Waals surface area contributed by atoms with Crippen LogP contribution in [-0.4, -0.2) is 4.57 Å². The van der Waals surface area contributed by atoms with E-state index in [1.54, 1.807) is 0 Å². The van der Waals surface area contributed by atoms with Crippen LogP contribution in [0.4, 0.5) is 0 Å². The molecule has 0 spiro atoms. The Hall–Kier alpha value is -5.08. The summed E-state index contributed by atoms with van der Waals surface area (Å²) in [6.45, 7) is 4.70. The molecular weight excluding hydrogens is 498 g/mol. The first-order chi connectivity index (χ1) is 20.1. The maximum atomic E-state index is 6.51. The number of rotatable bonds is 2. The zero-order valence-electron chi connectivity index (χ0n) is 23.0. The molecule has 1 aliphatic carbocycles. The number of furan rings is 1. The van der Waals surface area contributed by atoms with Gasteiger partial charge in [-0.3, -0.25) is 0 Å². The van der Waals surface area contributed by atoms with E-state index in [0.29, 0.717) is 0 Å². The first-order valence-corrected chi connectivity index (χ1v) is 14.3. The van der Waals surface area contributed by atoms with Crippen molar-refractivity contribution in [1.29, 1.82) is 0 Å². The summed E-state index contributed by atoms with van der Waals surface area (Å²) in [5.74, 6) is 0. The van der Waals surface area contributed by atoms with Gasteiger partial charge >= 0.3 is 0 Å². The van der Waals surface area contributed by atoms with E-state index in [9.17, 15) is 0 Å². The molecular formula is C39H27NO. The second-order valence-electron chi connectivity index (χ2n) is 11.8. The van der Waals surface area contributed by atoms with Crippen LogP contribution in [0.1, 0.15) is 25.0 Å². The van der Waals surface area contributed by atoms with Gasteiger partial charge in [-0.15, -0.1) is 0 Å². The minimum absolute atomic E-state index is 0.0550. The molecule has 0 unspecified atom stereocenters. The lowest BCUT2D eigenvalue weighted by Gasteiger charge is -2.21. The third-order valence-corrected chi connectivity index (χ3v) is 9.20. The Kier molecular flexibility index (Phi) is 4.42. The van der Waals surface area contributed by atoms with E-state index in [1.165, 1.54) is 49.6 Å². The predicted molar refractivity (Wildman–Crippen MR) is 171 cm³/mol. The molecule has 0 saturated carbocycles. The van der Waals surface area contributed by atoms with Gasteiger partial charge in [-0.05, 0) is 75.8 Å². The summed E-state index contributed by atoms with van der Waals surface area (Å²) in [5, 5.41) is 4.83. The summed E-state index contributed by atoms with van der Waals surface area (Å²) < 4.78 is 8.92. The predicted octanol–water partition coefficient (Wildman–Crippen LogP) is 10.7. The molecule has 2 aromatic heterocycles. The molecule has 0 radical (unpaired) electrons. The number of fused-ring (bicyclic) bond motifs is 9. The molecule has 41 heavy (non-hydrogen) atoms. The van der Waals surface area contributed by atoms with E-state index in [-0.39, 0.29) is 5.41 Å². The van der Waals surface area contributed by atoms with Gasteiger partial charge < -0.3 is 8.98 Å². The first-order valence-electron chi connectivity index (χ1n) is 14.3. The number of hydrogen-bond donors (Lipinski definition) is 0. The second kappa shape index (κ2) is 7.99. The molecule has 8 aromatic rings. The fourth-order valence-corrected chi connectivity index (χ4v) is 7.16. The fourth-order valence-electron chi connectivity index (χ4n) is 7.16. The van der Waals surface area contributed by atoms with Crippen molar-refractivity contribution in [3.05, 3.63) is 139 Å². The van der Waals surface area contributed by atoms with Gasteiger partial charge in [0.1, 0.15) is 11.2 Å². The highest BCUT2D eigenvalue weighted by molar-refractivity contribution is 6.12. The van der Waals surface area contributed by atoms with E-state index < -0.39 is 0 Å². The number of nitrogens with zero attached hydrogens (tertiary/aromatic N) is 1. The zero-order valence-corrected chi connectivity index (χ0v) is 23.0. The smallest absolute Gasteiger partial charge is 0.137 e. The van der Waals surface area contributed by atoms with Gasteiger partial charge in [0.2, 0.25) is 0 Å². The third kappa shape index (κ3) is 3.08. The van der Waals surface area contributed by atoms with Crippen LogP contribution >= 0.6 is 0 Å². The van der Waals surface area contributed by atoms with Crippen LogP contribution in [-0.2, 0) is 5.41 Å². The molecule has 0 N–H and O–H groups in total. The van der Waals surface area contributed by atoms with Gasteiger partial charge in [0, 0.05) is 38.7 Å². The summed E-state index contributed by atoms with van der Waals surface area (Å²) in [6.07, 6.45) is 0. The van der Waals surface area contributed by atoms with Crippen LogP contribution in [0.2, 0.25) is 0 Å². The molecule has 9 rings (SSSR count). The monoisotopic (exact) mass is 525 g/mol. The lowest BCUT2D eigenvalue weighted by Crippen LogP contribution is -2.14. The van der Waals surface area contributed by atoms with Gasteiger partial charge in [0.05, 0.1) is 11.0 Å². The maximum absolute atomic E-state index is 6.51. The maximum Gasteiger partial charge on any atom is 0.137 e. The van der Waals surface area contributed by atoms with Gasteiger partial charge in [-0.1, -0.05) is 92.7 Å². The van der Waals surface area contributed by atoms with E-state index in [2.05, 4.69) is 140 Å². The van der Waals surface area contributed by atoms with Crippen molar-refractivity contribution in [1.82, 2.24) is 4.57 Å². The van der Waals surface area contributed by atoms with Crippen molar-refractivity contribution >= 4 is 43.7 Å². The quantitative estimate of drug-likeness (QED) is 0.219. The average Bonchev–Trinajstić information content (AvgIpc) is 3.61. The molecule has 0 saturated heterocycles. The van der Waals surface area contributed by atoms with Gasteiger partial charge in [-0.25, -0.2) is 0 Å². The van der Waals surface area contributed by atoms with Crippen LogP contribution in [0, 0.1) is 0 Å². The largest absolute Gasteiger partial charge is 0.456 e. The summed E-state index contributed by atoms with van der Waals surface area (Å²) in [6, 6.07) is 46.1. The van der Waals surface area contributed by atoms with Crippen LogP contribution in [0.5, 0.6) is 0 Å². The number of aromatic nitrogens is 1. The summed E-state index contributed by atoms with van der Waals surface area (Å²) in [5.41, 5.74) is 13.2. The van der Waals surface area contributed by atoms with E-state index in [0.717, 1.165) is 33.2 Å². The SMILES string of the molecule is CC1(C)c2ccccc2-c2cc3c4ccccc4n(-c4ccc5c(c4)oc4cc(-c6ccccc6)ccc45)c3cc21. The molecule has 2 heteroatoms. The lowest BCUT2D eigenvalue weighted by atomic mass is 9.82. The minimum atomic E-state index is -0.0550. The average molecular weight is 526 g/mol. The summed E-state index contributed by atoms with van der Waals surface area (Å²) in [7, 11) is 0. The Bertz CT molecular complexity index is 2330. The van der Waals surface area contributed by atoms with E-state index in [1.807, 2.05) is 6.07 Å². The Morgan fingerprint density at radius 2 is 1.22 bits per heavy atom. The fraction of sp³-hybridized carbons (Fsp3) is 0.0769. The van der Waals surface area contributed by atoms with Crippen LogP contribution < -0.4 is 0 Å². The van der Waals surface area contributed by atoms with Crippen molar-refractivity contribution < 1.29 is 4.42 Å². The lowest BCUT2D eigenvalue weighted by molar-refractivity contribution is 0.661. The van der Waals surface area contributed by atoms with Crippen LogP contribution in [0.25, 0.3) is 71.7 Å². The molecule has 2 nitrogen and oxygen atoms in total. The van der Waals surface area contributed by atoms with Crippen molar-refractivity contribution in [2.45, 2.75) is 19.3 Å².